The highest BCUT2D eigenvalue weighted by Gasteiger charge is 2.16. The van der Waals surface area contributed by atoms with Crippen LogP contribution in [0.25, 0.3) is 21.8 Å². The van der Waals surface area contributed by atoms with E-state index >= 15 is 0 Å². The third-order valence-electron chi connectivity index (χ3n) is 3.56. The first kappa shape index (κ1) is 12.6. The predicted molar refractivity (Wildman–Crippen MR) is 80.7 cm³/mol. The zero-order valence-electron chi connectivity index (χ0n) is 11.0. The van der Waals surface area contributed by atoms with Crippen LogP contribution >= 0.6 is 0 Å². The van der Waals surface area contributed by atoms with E-state index in [2.05, 4.69) is 18.7 Å². The fourth-order valence-corrected chi connectivity index (χ4v) is 2.60. The molecule has 2 aromatic carbocycles. The Labute approximate surface area is 116 Å². The lowest BCUT2D eigenvalue weighted by Gasteiger charge is -2.11. The number of para-hydroxylation sites is 2. The lowest BCUT2D eigenvalue weighted by Crippen LogP contribution is -2.24. The molecular formula is C17H15NO2. The summed E-state index contributed by atoms with van der Waals surface area (Å²) < 4.78 is 1.98. The Hall–Kier alpha value is -2.39. The maximum Gasteiger partial charge on any atom is 0.185 e. The van der Waals surface area contributed by atoms with Crippen LogP contribution in [0.1, 0.15) is 0 Å². The van der Waals surface area contributed by atoms with Crippen molar-refractivity contribution in [1.82, 2.24) is 4.57 Å². The molecule has 0 aliphatic rings. The van der Waals surface area contributed by atoms with Crippen molar-refractivity contribution < 1.29 is 9.90 Å². The smallest absolute Gasteiger partial charge is 0.185 e. The normalized spacial score (nSPS) is 12.7. The van der Waals surface area contributed by atoms with Crippen molar-refractivity contribution in [2.24, 2.45) is 0 Å². The van der Waals surface area contributed by atoms with Gasteiger partial charge in [-0.3, -0.25) is 4.79 Å². The Kier molecular flexibility index (Phi) is 3.12. The second-order valence-corrected chi connectivity index (χ2v) is 4.77. The predicted octanol–water partition coefficient (Wildman–Crippen LogP) is 2.91. The Balaban J connectivity index is 2.21. The summed E-state index contributed by atoms with van der Waals surface area (Å²) in [6.45, 7) is 3.65. The Morgan fingerprint density at radius 2 is 1.60 bits per heavy atom. The van der Waals surface area contributed by atoms with Crippen LogP contribution in [0.2, 0.25) is 0 Å². The van der Waals surface area contributed by atoms with Gasteiger partial charge in [0.25, 0.3) is 0 Å². The van der Waals surface area contributed by atoms with E-state index in [4.69, 9.17) is 0 Å². The van der Waals surface area contributed by atoms with Crippen molar-refractivity contribution in [2.45, 2.75) is 12.6 Å². The molecule has 0 bridgehead atoms. The van der Waals surface area contributed by atoms with Gasteiger partial charge in [-0.15, -0.1) is 0 Å². The minimum atomic E-state index is -1.06. The molecule has 3 rings (SSSR count). The number of aromatic nitrogens is 1. The Morgan fingerprint density at radius 1 is 1.10 bits per heavy atom. The number of rotatable bonds is 4. The molecule has 0 fully saturated rings. The maximum atomic E-state index is 11.5. The van der Waals surface area contributed by atoms with Crippen LogP contribution in [0.5, 0.6) is 0 Å². The molecule has 1 atom stereocenters. The lowest BCUT2D eigenvalue weighted by molar-refractivity contribution is -0.122. The second-order valence-electron chi connectivity index (χ2n) is 4.77. The van der Waals surface area contributed by atoms with Gasteiger partial charge in [0.05, 0.1) is 6.54 Å². The Morgan fingerprint density at radius 3 is 2.10 bits per heavy atom. The number of aliphatic hydroxyl groups excluding tert-OH is 1. The molecule has 0 amide bonds. The molecule has 1 heterocycles. The fraction of sp³-hybridized carbons (Fsp3) is 0.118. The van der Waals surface area contributed by atoms with E-state index in [0.29, 0.717) is 0 Å². The highest BCUT2D eigenvalue weighted by atomic mass is 16.3. The van der Waals surface area contributed by atoms with E-state index < -0.39 is 6.10 Å². The minimum Gasteiger partial charge on any atom is -0.383 e. The monoisotopic (exact) mass is 265 g/mol. The van der Waals surface area contributed by atoms with Crippen molar-refractivity contribution >= 4 is 27.6 Å². The average Bonchev–Trinajstić information content (AvgIpc) is 2.81. The van der Waals surface area contributed by atoms with Gasteiger partial charge >= 0.3 is 0 Å². The number of benzene rings is 2. The topological polar surface area (TPSA) is 42.2 Å². The molecule has 20 heavy (non-hydrogen) atoms. The van der Waals surface area contributed by atoms with E-state index in [9.17, 15) is 9.90 Å². The number of aliphatic hydroxyl groups is 1. The van der Waals surface area contributed by atoms with Crippen molar-refractivity contribution in [1.29, 1.82) is 0 Å². The molecule has 0 saturated heterocycles. The van der Waals surface area contributed by atoms with Gasteiger partial charge in [0, 0.05) is 21.8 Å². The van der Waals surface area contributed by atoms with Crippen molar-refractivity contribution in [3.8, 4) is 0 Å². The fourth-order valence-electron chi connectivity index (χ4n) is 2.60. The number of ketones is 1. The number of fused-ring (bicyclic) bond motifs is 3. The largest absolute Gasteiger partial charge is 0.383 e. The van der Waals surface area contributed by atoms with Gasteiger partial charge in [-0.25, -0.2) is 0 Å². The molecule has 100 valence electrons. The van der Waals surface area contributed by atoms with E-state index in [0.717, 1.165) is 21.8 Å². The number of carbonyl (C=O) groups is 1. The maximum absolute atomic E-state index is 11.5. The molecule has 3 nitrogen and oxygen atoms in total. The van der Waals surface area contributed by atoms with Gasteiger partial charge in [0.15, 0.2) is 5.78 Å². The van der Waals surface area contributed by atoms with Gasteiger partial charge in [-0.2, -0.15) is 0 Å². The third-order valence-corrected chi connectivity index (χ3v) is 3.56. The highest BCUT2D eigenvalue weighted by molar-refractivity contribution is 6.08. The van der Waals surface area contributed by atoms with E-state index in [-0.39, 0.29) is 12.3 Å². The summed E-state index contributed by atoms with van der Waals surface area (Å²) in [6, 6.07) is 16.0. The molecule has 0 spiro atoms. The Bertz CT molecular complexity index is 748. The SMILES string of the molecule is C=CC(=O)C(O)Cn1c2ccccc2c2ccccc21. The first-order valence-electron chi connectivity index (χ1n) is 6.52. The van der Waals surface area contributed by atoms with E-state index in [1.807, 2.05) is 41.0 Å². The van der Waals surface area contributed by atoms with Crippen LogP contribution in [0.3, 0.4) is 0 Å². The lowest BCUT2D eigenvalue weighted by atomic mass is 10.2. The molecule has 1 unspecified atom stereocenters. The second kappa shape index (κ2) is 4.94. The zero-order valence-corrected chi connectivity index (χ0v) is 11.0. The summed E-state index contributed by atoms with van der Waals surface area (Å²) in [5.74, 6) is -0.355. The molecular weight excluding hydrogens is 250 g/mol. The van der Waals surface area contributed by atoms with Crippen molar-refractivity contribution in [3.05, 3.63) is 61.2 Å². The number of carbonyl (C=O) groups excluding carboxylic acids is 1. The van der Waals surface area contributed by atoms with Gasteiger partial charge in [0.2, 0.25) is 0 Å². The van der Waals surface area contributed by atoms with Crippen molar-refractivity contribution in [3.63, 3.8) is 0 Å². The highest BCUT2D eigenvalue weighted by Crippen LogP contribution is 2.28. The first-order valence-corrected chi connectivity index (χ1v) is 6.52. The van der Waals surface area contributed by atoms with Gasteiger partial charge in [-0.05, 0) is 18.2 Å². The molecule has 3 heteroatoms. The van der Waals surface area contributed by atoms with Crippen LogP contribution < -0.4 is 0 Å². The average molecular weight is 265 g/mol. The number of hydrogen-bond acceptors (Lipinski definition) is 2. The van der Waals surface area contributed by atoms with Gasteiger partial charge < -0.3 is 9.67 Å². The van der Waals surface area contributed by atoms with Gasteiger partial charge in [0.1, 0.15) is 6.10 Å². The minimum absolute atomic E-state index is 0.235. The summed E-state index contributed by atoms with van der Waals surface area (Å²) in [4.78, 5) is 11.5. The van der Waals surface area contributed by atoms with Gasteiger partial charge in [-0.1, -0.05) is 43.0 Å². The van der Waals surface area contributed by atoms with E-state index in [1.165, 1.54) is 6.08 Å². The van der Waals surface area contributed by atoms with Crippen LogP contribution in [-0.2, 0) is 11.3 Å². The summed E-state index contributed by atoms with van der Waals surface area (Å²) in [5, 5.41) is 12.2. The molecule has 1 N–H and O–H groups in total. The van der Waals surface area contributed by atoms with Crippen molar-refractivity contribution in [2.75, 3.05) is 0 Å². The summed E-state index contributed by atoms with van der Waals surface area (Å²) in [7, 11) is 0. The molecule has 1 aromatic heterocycles. The summed E-state index contributed by atoms with van der Waals surface area (Å²) in [6.07, 6.45) is 0.102. The summed E-state index contributed by atoms with van der Waals surface area (Å²) >= 11 is 0. The molecule has 0 saturated carbocycles. The number of hydrogen-bond donors (Lipinski definition) is 1. The molecule has 3 aromatic rings. The van der Waals surface area contributed by atoms with Crippen LogP contribution in [0.4, 0.5) is 0 Å². The third kappa shape index (κ3) is 1.92. The number of nitrogens with zero attached hydrogens (tertiary/aromatic N) is 1. The summed E-state index contributed by atoms with van der Waals surface area (Å²) in [5.41, 5.74) is 2.04. The molecule has 0 radical (unpaired) electrons. The van der Waals surface area contributed by atoms with Crippen LogP contribution in [0.15, 0.2) is 61.2 Å². The van der Waals surface area contributed by atoms with Crippen LogP contribution in [-0.4, -0.2) is 21.6 Å². The first-order chi connectivity index (χ1) is 9.72. The molecule has 0 aliphatic heterocycles. The van der Waals surface area contributed by atoms with Crippen LogP contribution in [0, 0.1) is 0 Å². The molecule has 0 aliphatic carbocycles. The van der Waals surface area contributed by atoms with E-state index in [1.54, 1.807) is 0 Å². The standard InChI is InChI=1S/C17H15NO2/c1-2-16(19)17(20)11-18-14-9-5-3-7-12(14)13-8-4-6-10-15(13)18/h2-10,17,20H,1,11H2. The zero-order chi connectivity index (χ0) is 14.1. The quantitative estimate of drug-likeness (QED) is 0.737.